The molecule has 0 unspecified atom stereocenters. The second-order valence-corrected chi connectivity index (χ2v) is 4.65. The molecule has 1 aromatic carbocycles. The summed E-state index contributed by atoms with van der Waals surface area (Å²) >= 11 is 0. The maximum Gasteiger partial charge on any atom is 0.137 e. The van der Waals surface area contributed by atoms with Gasteiger partial charge in [-0.3, -0.25) is 4.40 Å². The first-order chi connectivity index (χ1) is 9.88. The second-order valence-electron chi connectivity index (χ2n) is 4.65. The molecule has 0 bridgehead atoms. The average molecular weight is 263 g/mol. The van der Waals surface area contributed by atoms with Crippen molar-refractivity contribution >= 4 is 17.7 Å². The highest BCUT2D eigenvalue weighted by atomic mass is 15.0. The lowest BCUT2D eigenvalue weighted by molar-refractivity contribution is 0.802. The van der Waals surface area contributed by atoms with E-state index in [4.69, 9.17) is 4.98 Å². The normalized spacial score (nSPS) is 11.4. The number of fused-ring (bicyclic) bond motifs is 1. The fraction of sp³-hybridized carbons (Fsp3) is 0.118. The summed E-state index contributed by atoms with van der Waals surface area (Å²) in [5, 5.41) is 3.16. The summed E-state index contributed by atoms with van der Waals surface area (Å²) in [6, 6.07) is 16.4. The lowest BCUT2D eigenvalue weighted by Gasteiger charge is -1.97. The Balaban J connectivity index is 2.01. The van der Waals surface area contributed by atoms with Crippen LogP contribution in [-0.4, -0.2) is 16.4 Å². The molecular weight excluding hydrogens is 246 g/mol. The molecule has 100 valence electrons. The first kappa shape index (κ1) is 12.6. The topological polar surface area (TPSA) is 29.3 Å². The Kier molecular flexibility index (Phi) is 3.61. The maximum atomic E-state index is 4.71. The van der Waals surface area contributed by atoms with Crippen molar-refractivity contribution in [3.8, 4) is 0 Å². The van der Waals surface area contributed by atoms with Gasteiger partial charge in [-0.25, -0.2) is 4.98 Å². The minimum atomic E-state index is 0.771. The summed E-state index contributed by atoms with van der Waals surface area (Å²) in [5.74, 6) is 0.953. The first-order valence-electron chi connectivity index (χ1n) is 6.72. The smallest absolute Gasteiger partial charge is 0.137 e. The summed E-state index contributed by atoms with van der Waals surface area (Å²) in [6.07, 6.45) is 6.19. The van der Waals surface area contributed by atoms with Gasteiger partial charge in [0.2, 0.25) is 0 Å². The molecule has 0 spiro atoms. The Bertz CT molecular complexity index is 726. The molecule has 2 aromatic heterocycles. The van der Waals surface area contributed by atoms with Crippen LogP contribution in [0, 0.1) is 0 Å². The minimum absolute atomic E-state index is 0.771. The zero-order valence-electron chi connectivity index (χ0n) is 11.5. The Hall–Kier alpha value is -2.39. The number of hydrogen-bond acceptors (Lipinski definition) is 2. The molecule has 2 heterocycles. The molecule has 3 heteroatoms. The van der Waals surface area contributed by atoms with Gasteiger partial charge < -0.3 is 5.32 Å². The monoisotopic (exact) mass is 263 g/mol. The van der Waals surface area contributed by atoms with Gasteiger partial charge in [0, 0.05) is 12.7 Å². The maximum absolute atomic E-state index is 4.71. The van der Waals surface area contributed by atoms with Gasteiger partial charge in [0.1, 0.15) is 5.82 Å². The van der Waals surface area contributed by atoms with E-state index in [1.54, 1.807) is 0 Å². The second kappa shape index (κ2) is 5.72. The number of pyridine rings is 1. The molecule has 1 N–H and O–H groups in total. The molecule has 20 heavy (non-hydrogen) atoms. The molecule has 0 aliphatic heterocycles. The van der Waals surface area contributed by atoms with Crippen LogP contribution in [-0.2, 0) is 6.54 Å². The van der Waals surface area contributed by atoms with Gasteiger partial charge in [0.15, 0.2) is 0 Å². The van der Waals surface area contributed by atoms with E-state index in [1.165, 1.54) is 5.56 Å². The molecule has 0 radical (unpaired) electrons. The molecule has 0 fully saturated rings. The van der Waals surface area contributed by atoms with Crippen LogP contribution in [0.3, 0.4) is 0 Å². The lowest BCUT2D eigenvalue weighted by atomic mass is 10.2. The van der Waals surface area contributed by atoms with Gasteiger partial charge in [0.05, 0.1) is 11.2 Å². The van der Waals surface area contributed by atoms with E-state index in [0.717, 1.165) is 23.6 Å². The fourth-order valence-electron chi connectivity index (χ4n) is 2.28. The van der Waals surface area contributed by atoms with Gasteiger partial charge in [-0.2, -0.15) is 0 Å². The minimum Gasteiger partial charge on any atom is -0.314 e. The number of hydrogen-bond donors (Lipinski definition) is 1. The molecule has 3 nitrogen and oxygen atoms in total. The first-order valence-corrected chi connectivity index (χ1v) is 6.72. The number of nitrogens with one attached hydrogen (secondary N) is 1. The standard InChI is InChI=1S/C17H17N3/c1-18-13-15-16-9-5-6-12-20(16)17(19-15)11-10-14-7-3-2-4-8-14/h2-12,18H,13H2,1H3/b11-10+. The van der Waals surface area contributed by atoms with E-state index < -0.39 is 0 Å². The highest BCUT2D eigenvalue weighted by Gasteiger charge is 2.07. The van der Waals surface area contributed by atoms with Gasteiger partial charge in [-0.05, 0) is 30.8 Å². The molecule has 3 rings (SSSR count). The van der Waals surface area contributed by atoms with Crippen LogP contribution in [0.2, 0.25) is 0 Å². The third-order valence-electron chi connectivity index (χ3n) is 3.22. The molecule has 0 aliphatic carbocycles. The van der Waals surface area contributed by atoms with E-state index in [9.17, 15) is 0 Å². The molecule has 0 saturated carbocycles. The van der Waals surface area contributed by atoms with Crippen molar-refractivity contribution in [3.63, 3.8) is 0 Å². The van der Waals surface area contributed by atoms with Crippen molar-refractivity contribution in [2.75, 3.05) is 7.05 Å². The third-order valence-corrected chi connectivity index (χ3v) is 3.22. The molecule has 0 saturated heterocycles. The highest BCUT2D eigenvalue weighted by Crippen LogP contribution is 2.15. The molecule has 0 atom stereocenters. The van der Waals surface area contributed by atoms with E-state index in [0.29, 0.717) is 0 Å². The number of rotatable bonds is 4. The van der Waals surface area contributed by atoms with Crippen LogP contribution < -0.4 is 5.32 Å². The van der Waals surface area contributed by atoms with Crippen LogP contribution in [0.5, 0.6) is 0 Å². The summed E-state index contributed by atoms with van der Waals surface area (Å²) < 4.78 is 2.12. The van der Waals surface area contributed by atoms with Crippen molar-refractivity contribution in [1.29, 1.82) is 0 Å². The van der Waals surface area contributed by atoms with Crippen molar-refractivity contribution in [2.24, 2.45) is 0 Å². The summed E-state index contributed by atoms with van der Waals surface area (Å²) in [7, 11) is 1.94. The van der Waals surface area contributed by atoms with Crippen LogP contribution in [0.1, 0.15) is 17.1 Å². The van der Waals surface area contributed by atoms with Crippen molar-refractivity contribution in [2.45, 2.75) is 6.54 Å². The van der Waals surface area contributed by atoms with Gasteiger partial charge in [-0.1, -0.05) is 42.5 Å². The predicted octanol–water partition coefficient (Wildman–Crippen LogP) is 3.22. The van der Waals surface area contributed by atoms with Crippen LogP contribution in [0.25, 0.3) is 17.7 Å². The molecule has 0 amide bonds. The zero-order chi connectivity index (χ0) is 13.8. The number of nitrogens with zero attached hydrogens (tertiary/aromatic N) is 2. The summed E-state index contributed by atoms with van der Waals surface area (Å²) in [6.45, 7) is 0.771. The van der Waals surface area contributed by atoms with Gasteiger partial charge >= 0.3 is 0 Å². The van der Waals surface area contributed by atoms with Crippen LogP contribution in [0.4, 0.5) is 0 Å². The Morgan fingerprint density at radius 3 is 2.65 bits per heavy atom. The molecular formula is C17H17N3. The largest absolute Gasteiger partial charge is 0.314 e. The lowest BCUT2D eigenvalue weighted by Crippen LogP contribution is -2.05. The predicted molar refractivity (Wildman–Crippen MR) is 83.3 cm³/mol. The van der Waals surface area contributed by atoms with Crippen molar-refractivity contribution in [1.82, 2.24) is 14.7 Å². The van der Waals surface area contributed by atoms with Crippen LogP contribution in [0.15, 0.2) is 54.7 Å². The fourth-order valence-corrected chi connectivity index (χ4v) is 2.28. The van der Waals surface area contributed by atoms with E-state index in [1.807, 2.05) is 43.6 Å². The Labute approximate surface area is 118 Å². The van der Waals surface area contributed by atoms with Crippen molar-refractivity contribution < 1.29 is 0 Å². The van der Waals surface area contributed by atoms with E-state index in [2.05, 4.69) is 40.1 Å². The quantitative estimate of drug-likeness (QED) is 0.783. The summed E-state index contributed by atoms with van der Waals surface area (Å²) in [4.78, 5) is 4.71. The Morgan fingerprint density at radius 2 is 1.85 bits per heavy atom. The Morgan fingerprint density at radius 1 is 1.05 bits per heavy atom. The SMILES string of the molecule is CNCc1nc(/C=C/c2ccccc2)n2ccccc12. The van der Waals surface area contributed by atoms with Crippen LogP contribution >= 0.6 is 0 Å². The average Bonchev–Trinajstić information content (AvgIpc) is 2.85. The molecule has 3 aromatic rings. The van der Waals surface area contributed by atoms with Gasteiger partial charge in [-0.15, -0.1) is 0 Å². The third kappa shape index (κ3) is 2.49. The van der Waals surface area contributed by atoms with Gasteiger partial charge in [0.25, 0.3) is 0 Å². The number of benzene rings is 1. The highest BCUT2D eigenvalue weighted by molar-refractivity contribution is 5.69. The number of aromatic nitrogens is 2. The summed E-state index contributed by atoms with van der Waals surface area (Å²) in [5.41, 5.74) is 3.39. The van der Waals surface area contributed by atoms with E-state index in [-0.39, 0.29) is 0 Å². The zero-order valence-corrected chi connectivity index (χ0v) is 11.5. The molecule has 0 aliphatic rings. The van der Waals surface area contributed by atoms with E-state index >= 15 is 0 Å². The number of imidazole rings is 1. The van der Waals surface area contributed by atoms with Crippen molar-refractivity contribution in [3.05, 3.63) is 71.8 Å².